The molecule has 0 radical (unpaired) electrons. The monoisotopic (exact) mass is 430 g/mol. The minimum Gasteiger partial charge on any atom is -0.475 e. The van der Waals surface area contributed by atoms with Gasteiger partial charge in [0.25, 0.3) is 0 Å². The molecule has 6 heterocycles. The van der Waals surface area contributed by atoms with Crippen molar-refractivity contribution in [2.45, 2.75) is 77.2 Å². The predicted octanol–water partition coefficient (Wildman–Crippen LogP) is 2.66. The lowest BCUT2D eigenvalue weighted by molar-refractivity contribution is -0.192. The minimum absolute atomic E-state index is 0. The van der Waals surface area contributed by atoms with Crippen LogP contribution >= 0.6 is 0 Å². The van der Waals surface area contributed by atoms with Gasteiger partial charge < -0.3 is 29.5 Å². The van der Waals surface area contributed by atoms with Crippen molar-refractivity contribution in [1.29, 1.82) is 0 Å². The fourth-order valence-corrected chi connectivity index (χ4v) is 3.05. The van der Waals surface area contributed by atoms with Crippen LogP contribution in [-0.4, -0.2) is 84.4 Å². The van der Waals surface area contributed by atoms with Gasteiger partial charge in [0, 0.05) is 27.4 Å². The van der Waals surface area contributed by atoms with Gasteiger partial charge in [-0.15, -0.1) is 0 Å². The first-order valence-corrected chi connectivity index (χ1v) is 9.13. The smallest absolute Gasteiger partial charge is 0.475 e. The molecule has 29 heavy (non-hydrogen) atoms. The van der Waals surface area contributed by atoms with E-state index in [0.717, 1.165) is 19.5 Å². The van der Waals surface area contributed by atoms with Crippen LogP contribution in [0.5, 0.6) is 0 Å². The summed E-state index contributed by atoms with van der Waals surface area (Å²) in [5.41, 5.74) is -0.403. The number of halogens is 3. The van der Waals surface area contributed by atoms with Gasteiger partial charge in [-0.2, -0.15) is 13.2 Å². The topological polar surface area (TPSA) is 97.3 Å². The minimum atomic E-state index is -5.08. The molecule has 6 aliphatic heterocycles. The number of ether oxygens (including phenoxy) is 3. The molecule has 4 bridgehead atoms. The molecule has 172 valence electrons. The van der Waals surface area contributed by atoms with Crippen LogP contribution in [0.25, 0.3) is 0 Å². The number of hydrogen-bond acceptors (Lipinski definition) is 6. The van der Waals surface area contributed by atoms with Gasteiger partial charge in [0.2, 0.25) is 0 Å². The molecule has 11 heteroatoms. The van der Waals surface area contributed by atoms with E-state index in [0.29, 0.717) is 25.3 Å². The van der Waals surface area contributed by atoms with E-state index < -0.39 is 17.7 Å². The van der Waals surface area contributed by atoms with Crippen LogP contribution in [0, 0.1) is 0 Å². The van der Waals surface area contributed by atoms with Crippen LogP contribution in [0.4, 0.5) is 18.0 Å². The van der Waals surface area contributed by atoms with Gasteiger partial charge >= 0.3 is 18.2 Å². The molecule has 1 amide bonds. The third-order valence-corrected chi connectivity index (χ3v) is 4.31. The normalized spacial score (nSPS) is 29.2. The first kappa shape index (κ1) is 25.4. The van der Waals surface area contributed by atoms with Gasteiger partial charge in [0.1, 0.15) is 5.60 Å². The molecule has 0 spiro atoms. The maximum atomic E-state index is 11.6. The Bertz CT molecular complexity index is 538. The van der Waals surface area contributed by atoms with Crippen LogP contribution in [-0.2, 0) is 19.0 Å². The van der Waals surface area contributed by atoms with E-state index in [-0.39, 0.29) is 27.2 Å². The van der Waals surface area contributed by atoms with Crippen LogP contribution in [0.15, 0.2) is 0 Å². The van der Waals surface area contributed by atoms with E-state index in [1.807, 2.05) is 20.8 Å². The molecule has 6 aliphatic rings. The molecule has 6 fully saturated rings. The van der Waals surface area contributed by atoms with Gasteiger partial charge in [0.05, 0.1) is 37.5 Å². The second-order valence-corrected chi connectivity index (χ2v) is 8.08. The van der Waals surface area contributed by atoms with Crippen molar-refractivity contribution in [3.05, 3.63) is 0 Å². The molecule has 6 saturated heterocycles. The summed E-state index contributed by atoms with van der Waals surface area (Å²) in [4.78, 5) is 22.3. The zero-order chi connectivity index (χ0) is 21.1. The number of carboxylic acid groups (broad SMARTS) is 1. The molecule has 4 atom stereocenters. The number of amides is 1. The Morgan fingerprint density at radius 3 is 1.66 bits per heavy atom. The van der Waals surface area contributed by atoms with Crippen LogP contribution in [0.1, 0.15) is 42.5 Å². The van der Waals surface area contributed by atoms with Gasteiger partial charge in [-0.25, -0.2) is 9.59 Å². The predicted molar refractivity (Wildman–Crippen MR) is 99.8 cm³/mol. The number of hydrogen-bond donors (Lipinski definition) is 2. The number of carbonyl (C=O) groups is 2. The van der Waals surface area contributed by atoms with E-state index in [1.165, 1.54) is 6.42 Å². The quantitative estimate of drug-likeness (QED) is 0.610. The molecule has 0 aromatic carbocycles. The van der Waals surface area contributed by atoms with Gasteiger partial charge in [0.15, 0.2) is 0 Å². The first-order chi connectivity index (χ1) is 12.8. The van der Waals surface area contributed by atoms with Crippen molar-refractivity contribution in [1.82, 2.24) is 10.2 Å². The summed E-state index contributed by atoms with van der Waals surface area (Å²) in [7, 11) is 0. The summed E-state index contributed by atoms with van der Waals surface area (Å²) in [6.07, 6.45) is -1.26. The number of nitrogens with one attached hydrogen (secondary N) is 1. The Morgan fingerprint density at radius 2 is 1.41 bits per heavy atom. The molecule has 0 unspecified atom stereocenters. The van der Waals surface area contributed by atoms with E-state index in [2.05, 4.69) is 5.32 Å². The maximum Gasteiger partial charge on any atom is 0.490 e. The lowest BCUT2D eigenvalue weighted by atomic mass is 9.99. The number of nitrogens with zero attached hydrogens (tertiary/aromatic N) is 1. The summed E-state index contributed by atoms with van der Waals surface area (Å²) in [5, 5.41) is 10.4. The number of morpholine rings is 2. The SMILES string of the molecule is C.C1NC[C@H]2C[C@@H]1O2.CC(C)(C)OC(=O)N1C[C@H]2C[C@@H](C1)O2.O=C(O)C(F)(F)F.[HH]. The molecular weight excluding hydrogens is 397 g/mol. The standard InChI is InChI=1S/C10H17NO3.C5H9NO.C2HF3O2.CH4.H2/c1-10(2,3)14-9(12)11-5-7-4-8(6-11)13-7;1-4-2-6-3-5(1)7-4;3-2(4,5)1(6)7;;/h7-8H,4-6H2,1-3H3;4-6H,1-3H2;(H,6,7);1H4;1H/t7-,8+;4-,5+;;;. The van der Waals surface area contributed by atoms with Crippen LogP contribution in [0.2, 0.25) is 0 Å². The fourth-order valence-electron chi connectivity index (χ4n) is 3.05. The van der Waals surface area contributed by atoms with E-state index >= 15 is 0 Å². The van der Waals surface area contributed by atoms with Crippen LogP contribution < -0.4 is 5.32 Å². The van der Waals surface area contributed by atoms with Crippen molar-refractivity contribution in [3.8, 4) is 0 Å². The summed E-state index contributed by atoms with van der Waals surface area (Å²) >= 11 is 0. The number of aliphatic carboxylic acids is 1. The molecule has 2 N–H and O–H groups in total. The second kappa shape index (κ2) is 9.94. The Hall–Kier alpha value is -1.59. The first-order valence-electron chi connectivity index (χ1n) is 9.13. The number of rotatable bonds is 0. The number of carbonyl (C=O) groups excluding carboxylic acids is 1. The second-order valence-electron chi connectivity index (χ2n) is 8.08. The Morgan fingerprint density at radius 1 is 1.03 bits per heavy atom. The lowest BCUT2D eigenvalue weighted by Crippen LogP contribution is -2.59. The third-order valence-electron chi connectivity index (χ3n) is 4.31. The van der Waals surface area contributed by atoms with Gasteiger partial charge in [-0.05, 0) is 20.8 Å². The van der Waals surface area contributed by atoms with Crippen molar-refractivity contribution < 1.29 is 43.5 Å². The zero-order valence-corrected chi connectivity index (χ0v) is 16.1. The molecule has 8 nitrogen and oxygen atoms in total. The Labute approximate surface area is 170 Å². The van der Waals surface area contributed by atoms with Crippen molar-refractivity contribution in [2.75, 3.05) is 26.2 Å². The highest BCUT2D eigenvalue weighted by atomic mass is 19.4. The number of alkyl halides is 3. The highest BCUT2D eigenvalue weighted by molar-refractivity contribution is 5.73. The van der Waals surface area contributed by atoms with Crippen molar-refractivity contribution in [3.63, 3.8) is 0 Å². The van der Waals surface area contributed by atoms with Gasteiger partial charge in [-0.1, -0.05) is 7.43 Å². The number of piperidine rings is 2. The molecule has 0 saturated carbocycles. The van der Waals surface area contributed by atoms with Gasteiger partial charge in [-0.3, -0.25) is 0 Å². The Balaban J connectivity index is 0.000000448. The zero-order valence-electron chi connectivity index (χ0n) is 16.1. The average Bonchev–Trinajstić information content (AvgIpc) is 2.53. The van der Waals surface area contributed by atoms with Crippen molar-refractivity contribution in [2.24, 2.45) is 0 Å². The Kier molecular flexibility index (Phi) is 8.73. The summed E-state index contributed by atoms with van der Waals surface area (Å²) in [6, 6.07) is 0. The number of fused-ring (bicyclic) bond motifs is 4. The molecular formula is C18H33F3N2O6. The van der Waals surface area contributed by atoms with E-state index in [4.69, 9.17) is 24.1 Å². The fraction of sp³-hybridized carbons (Fsp3) is 0.889. The van der Waals surface area contributed by atoms with E-state index in [9.17, 15) is 18.0 Å². The molecule has 0 aromatic rings. The largest absolute Gasteiger partial charge is 0.490 e. The average molecular weight is 430 g/mol. The highest BCUT2D eigenvalue weighted by Crippen LogP contribution is 2.28. The molecule has 0 aromatic heterocycles. The molecule has 0 aliphatic carbocycles. The highest BCUT2D eigenvalue weighted by Gasteiger charge is 2.41. The summed E-state index contributed by atoms with van der Waals surface area (Å²) in [5.74, 6) is -2.76. The lowest BCUT2D eigenvalue weighted by Gasteiger charge is -2.46. The summed E-state index contributed by atoms with van der Waals surface area (Å²) in [6.45, 7) is 9.17. The number of carboxylic acids is 1. The van der Waals surface area contributed by atoms with Crippen LogP contribution in [0.3, 0.4) is 0 Å². The maximum absolute atomic E-state index is 11.6. The summed E-state index contributed by atoms with van der Waals surface area (Å²) < 4.78 is 47.8. The van der Waals surface area contributed by atoms with E-state index in [1.54, 1.807) is 4.90 Å². The third kappa shape index (κ3) is 8.35. The van der Waals surface area contributed by atoms with Crippen molar-refractivity contribution >= 4 is 12.1 Å². The molecule has 6 rings (SSSR count).